The summed E-state index contributed by atoms with van der Waals surface area (Å²) in [5, 5.41) is 2.92. The number of pyridine rings is 1. The van der Waals surface area contributed by atoms with Crippen molar-refractivity contribution < 1.29 is 27.6 Å². The molecule has 2 amide bonds. The van der Waals surface area contributed by atoms with Crippen molar-refractivity contribution in [3.8, 4) is 11.1 Å². The van der Waals surface area contributed by atoms with E-state index in [2.05, 4.69) is 10.3 Å². The van der Waals surface area contributed by atoms with E-state index in [9.17, 15) is 27.6 Å². The van der Waals surface area contributed by atoms with Crippen LogP contribution in [0.15, 0.2) is 36.7 Å². The molecule has 6 nitrogen and oxygen atoms in total. The van der Waals surface area contributed by atoms with Crippen LogP contribution < -0.4 is 5.32 Å². The number of hydrogen-bond acceptors (Lipinski definition) is 4. The molecule has 2 heterocycles. The van der Waals surface area contributed by atoms with Crippen molar-refractivity contribution >= 4 is 17.6 Å². The number of aryl methyl sites for hydroxylation is 2. The molecule has 1 fully saturated rings. The van der Waals surface area contributed by atoms with Gasteiger partial charge in [0, 0.05) is 37.3 Å². The number of likely N-dealkylation sites (tertiary alicyclic amines) is 1. The highest BCUT2D eigenvalue weighted by Crippen LogP contribution is 2.36. The minimum absolute atomic E-state index is 0.0131. The highest BCUT2D eigenvalue weighted by molar-refractivity contribution is 5.89. The quantitative estimate of drug-likeness (QED) is 0.449. The van der Waals surface area contributed by atoms with Gasteiger partial charge in [0.05, 0.1) is 12.0 Å². The largest absolute Gasteiger partial charge is 0.392 e. The number of carbonyl (C=O) groups excluding carboxylic acids is 3. The number of alkyl halides is 3. The van der Waals surface area contributed by atoms with Crippen LogP contribution in [0.25, 0.3) is 11.1 Å². The molecular formula is C29H36F3N3O3. The van der Waals surface area contributed by atoms with Crippen LogP contribution in [0.4, 0.5) is 13.2 Å². The summed E-state index contributed by atoms with van der Waals surface area (Å²) in [7, 11) is 0. The second-order valence-electron chi connectivity index (χ2n) is 10.7. The highest BCUT2D eigenvalue weighted by Gasteiger charge is 2.46. The molecule has 3 rings (SSSR count). The molecule has 1 aliphatic rings. The lowest BCUT2D eigenvalue weighted by Gasteiger charge is -2.38. The van der Waals surface area contributed by atoms with Crippen molar-refractivity contribution in [1.82, 2.24) is 15.2 Å². The van der Waals surface area contributed by atoms with Gasteiger partial charge in [-0.25, -0.2) is 0 Å². The molecule has 1 aromatic carbocycles. The van der Waals surface area contributed by atoms with Crippen LogP contribution in [0.5, 0.6) is 0 Å². The van der Waals surface area contributed by atoms with Crippen LogP contribution in [0.3, 0.4) is 0 Å². The van der Waals surface area contributed by atoms with Crippen LogP contribution in [0.2, 0.25) is 0 Å². The van der Waals surface area contributed by atoms with Crippen molar-refractivity contribution in [3.05, 3.63) is 53.3 Å². The van der Waals surface area contributed by atoms with Gasteiger partial charge < -0.3 is 10.2 Å². The van der Waals surface area contributed by atoms with E-state index in [1.807, 2.05) is 52.0 Å². The van der Waals surface area contributed by atoms with E-state index < -0.39 is 42.4 Å². The second-order valence-corrected chi connectivity index (χ2v) is 10.7. The first kappa shape index (κ1) is 29.3. The summed E-state index contributed by atoms with van der Waals surface area (Å²) in [6, 6.07) is 6.24. The maximum Gasteiger partial charge on any atom is 0.392 e. The first-order chi connectivity index (χ1) is 17.8. The molecule has 206 valence electrons. The lowest BCUT2D eigenvalue weighted by molar-refractivity contribution is -0.191. The van der Waals surface area contributed by atoms with Gasteiger partial charge in [-0.05, 0) is 67.9 Å². The normalized spacial score (nSPS) is 17.9. The Morgan fingerprint density at radius 2 is 1.82 bits per heavy atom. The number of ketones is 1. The molecule has 9 heteroatoms. The van der Waals surface area contributed by atoms with E-state index in [1.165, 1.54) is 11.8 Å². The third kappa shape index (κ3) is 7.20. The van der Waals surface area contributed by atoms with E-state index >= 15 is 0 Å². The van der Waals surface area contributed by atoms with Gasteiger partial charge in [-0.2, -0.15) is 13.2 Å². The average molecular weight is 532 g/mol. The summed E-state index contributed by atoms with van der Waals surface area (Å²) >= 11 is 0. The molecule has 38 heavy (non-hydrogen) atoms. The molecular weight excluding hydrogens is 495 g/mol. The standard InChI is InChI=1S/C29H36F3N3O3/c1-17(2)11-25(35-10-9-23(14-26(35)37)29(30,31)32)28(38)34-24(12-20(5)36)21-13-22(16-33-15-21)27-18(3)7-6-8-19(27)4/h6-8,13,15-17,23-25H,9-12,14H2,1-5H3,(H,34,38)/t23-,24-,25-/m0/s1. The maximum absolute atomic E-state index is 13.6. The Morgan fingerprint density at radius 1 is 1.16 bits per heavy atom. The van der Waals surface area contributed by atoms with Crippen molar-refractivity contribution in [2.75, 3.05) is 6.54 Å². The predicted octanol–water partition coefficient (Wildman–Crippen LogP) is 5.72. The number of benzene rings is 1. The lowest BCUT2D eigenvalue weighted by atomic mass is 9.91. The van der Waals surface area contributed by atoms with Crippen LogP contribution in [-0.4, -0.2) is 46.2 Å². The van der Waals surface area contributed by atoms with Gasteiger partial charge in [0.15, 0.2) is 0 Å². The van der Waals surface area contributed by atoms with Crippen molar-refractivity contribution in [2.24, 2.45) is 11.8 Å². The number of hydrogen-bond donors (Lipinski definition) is 1. The predicted molar refractivity (Wildman–Crippen MR) is 139 cm³/mol. The summed E-state index contributed by atoms with van der Waals surface area (Å²) in [6.07, 6.45) is -1.71. The number of Topliss-reactive ketones (excluding diaryl/α,β-unsaturated/α-hetero) is 1. The second kappa shape index (κ2) is 12.1. The molecule has 3 atom stereocenters. The number of aromatic nitrogens is 1. The SMILES string of the molecule is CC(=O)C[C@H](NC(=O)[C@H](CC(C)C)N1CC[C@H](C(F)(F)F)CC1=O)c1cncc(-c2c(C)cccc2C)c1. The molecule has 0 saturated carbocycles. The summed E-state index contributed by atoms with van der Waals surface area (Å²) in [5.41, 5.74) is 4.64. The van der Waals surface area contributed by atoms with E-state index in [1.54, 1.807) is 12.4 Å². The number of amides is 2. The smallest absolute Gasteiger partial charge is 0.347 e. The first-order valence-corrected chi connectivity index (χ1v) is 13.0. The third-order valence-electron chi connectivity index (χ3n) is 7.04. The number of rotatable bonds is 9. The van der Waals surface area contributed by atoms with Crippen LogP contribution in [-0.2, 0) is 14.4 Å². The molecule has 1 aliphatic heterocycles. The number of nitrogens with one attached hydrogen (secondary N) is 1. The van der Waals surface area contributed by atoms with Crippen molar-refractivity contribution in [2.45, 2.75) is 78.6 Å². The Bertz CT molecular complexity index is 1160. The summed E-state index contributed by atoms with van der Waals surface area (Å²) < 4.78 is 39.6. The Kier molecular flexibility index (Phi) is 9.33. The molecule has 0 bridgehead atoms. The number of piperidine rings is 1. The van der Waals surface area contributed by atoms with E-state index in [0.717, 1.165) is 22.3 Å². The highest BCUT2D eigenvalue weighted by atomic mass is 19.4. The Balaban J connectivity index is 1.89. The van der Waals surface area contributed by atoms with Gasteiger partial charge in [-0.15, -0.1) is 0 Å². The molecule has 1 aromatic heterocycles. The summed E-state index contributed by atoms with van der Waals surface area (Å²) in [4.78, 5) is 44.1. The van der Waals surface area contributed by atoms with Crippen molar-refractivity contribution in [1.29, 1.82) is 0 Å². The molecule has 1 saturated heterocycles. The average Bonchev–Trinajstić information content (AvgIpc) is 2.81. The van der Waals surface area contributed by atoms with Gasteiger partial charge in [-0.3, -0.25) is 19.4 Å². The topological polar surface area (TPSA) is 79.4 Å². The van der Waals surface area contributed by atoms with Gasteiger partial charge >= 0.3 is 6.18 Å². The number of carbonyl (C=O) groups is 3. The van der Waals surface area contributed by atoms with Gasteiger partial charge in [0.2, 0.25) is 11.8 Å². The fourth-order valence-electron chi connectivity index (χ4n) is 5.14. The van der Waals surface area contributed by atoms with Crippen LogP contribution >= 0.6 is 0 Å². The fraction of sp³-hybridized carbons (Fsp3) is 0.517. The van der Waals surface area contributed by atoms with E-state index in [4.69, 9.17) is 0 Å². The molecule has 0 spiro atoms. The zero-order chi connectivity index (χ0) is 28.2. The fourth-order valence-corrected chi connectivity index (χ4v) is 5.14. The monoisotopic (exact) mass is 531 g/mol. The van der Waals surface area contributed by atoms with Gasteiger partial charge in [0.25, 0.3) is 0 Å². The first-order valence-electron chi connectivity index (χ1n) is 13.0. The molecule has 1 N–H and O–H groups in total. The van der Waals surface area contributed by atoms with E-state index in [0.29, 0.717) is 12.0 Å². The van der Waals surface area contributed by atoms with Crippen molar-refractivity contribution in [3.63, 3.8) is 0 Å². The molecule has 0 radical (unpaired) electrons. The molecule has 0 unspecified atom stereocenters. The summed E-state index contributed by atoms with van der Waals surface area (Å²) in [5.74, 6) is -2.99. The zero-order valence-corrected chi connectivity index (χ0v) is 22.6. The molecule has 0 aliphatic carbocycles. The van der Waals surface area contributed by atoms with Crippen LogP contribution in [0, 0.1) is 25.7 Å². The maximum atomic E-state index is 13.6. The third-order valence-corrected chi connectivity index (χ3v) is 7.04. The minimum Gasteiger partial charge on any atom is -0.347 e. The minimum atomic E-state index is -4.45. The zero-order valence-electron chi connectivity index (χ0n) is 22.6. The molecule has 2 aromatic rings. The Morgan fingerprint density at radius 3 is 2.37 bits per heavy atom. The lowest BCUT2D eigenvalue weighted by Crippen LogP contribution is -2.54. The summed E-state index contributed by atoms with van der Waals surface area (Å²) in [6.45, 7) is 9.06. The van der Waals surface area contributed by atoms with Gasteiger partial charge in [0.1, 0.15) is 11.8 Å². The number of halogens is 3. The number of nitrogens with zero attached hydrogens (tertiary/aromatic N) is 2. The Labute approximate surface area is 222 Å². The Hall–Kier alpha value is -3.23. The van der Waals surface area contributed by atoms with E-state index in [-0.39, 0.29) is 31.1 Å². The van der Waals surface area contributed by atoms with Crippen LogP contribution in [0.1, 0.15) is 69.2 Å². The van der Waals surface area contributed by atoms with Gasteiger partial charge in [-0.1, -0.05) is 32.0 Å².